The Bertz CT molecular complexity index is 429. The molecule has 0 aromatic heterocycles. The normalized spacial score (nSPS) is 19.7. The summed E-state index contributed by atoms with van der Waals surface area (Å²) in [6.07, 6.45) is -0.566. The first-order chi connectivity index (χ1) is 7.58. The van der Waals surface area contributed by atoms with Crippen molar-refractivity contribution >= 4 is 17.5 Å². The van der Waals surface area contributed by atoms with E-state index in [4.69, 9.17) is 4.74 Å². The van der Waals surface area contributed by atoms with Crippen LogP contribution in [0.25, 0.3) is 0 Å². The lowest BCUT2D eigenvalue weighted by atomic mass is 10.2. The highest BCUT2D eigenvalue weighted by Crippen LogP contribution is 2.23. The molecule has 0 N–H and O–H groups in total. The second kappa shape index (κ2) is 3.80. The number of hydrogen-bond acceptors (Lipinski definition) is 4. The molecule has 0 saturated carbocycles. The van der Waals surface area contributed by atoms with Gasteiger partial charge >= 0.3 is 6.09 Å². The number of cyclic esters (lactones) is 1. The molecule has 1 saturated heterocycles. The zero-order chi connectivity index (χ0) is 11.7. The Hall–Kier alpha value is -2.11. The van der Waals surface area contributed by atoms with Crippen LogP contribution in [-0.2, 0) is 4.74 Å². The first-order valence-electron chi connectivity index (χ1n) is 4.80. The van der Waals surface area contributed by atoms with Gasteiger partial charge in [-0.1, -0.05) is 0 Å². The van der Waals surface area contributed by atoms with Gasteiger partial charge in [-0.15, -0.1) is 0 Å². The molecule has 16 heavy (non-hydrogen) atoms. The quantitative estimate of drug-likeness (QED) is 0.566. The third-order valence-electron chi connectivity index (χ3n) is 2.33. The monoisotopic (exact) mass is 222 g/mol. The number of nitrogens with zero attached hydrogens (tertiary/aromatic N) is 2. The summed E-state index contributed by atoms with van der Waals surface area (Å²) >= 11 is 0. The first-order valence-corrected chi connectivity index (χ1v) is 4.80. The molecular formula is C10H10N2O4. The molecule has 1 aliphatic rings. The number of nitro groups is 1. The van der Waals surface area contributed by atoms with Crippen molar-refractivity contribution in [2.45, 2.75) is 13.0 Å². The molecule has 0 radical (unpaired) electrons. The van der Waals surface area contributed by atoms with E-state index in [-0.39, 0.29) is 11.8 Å². The van der Waals surface area contributed by atoms with Gasteiger partial charge in [-0.2, -0.15) is 0 Å². The fourth-order valence-corrected chi connectivity index (χ4v) is 1.57. The van der Waals surface area contributed by atoms with Crippen molar-refractivity contribution in [1.29, 1.82) is 0 Å². The molecule has 0 aliphatic carbocycles. The van der Waals surface area contributed by atoms with Crippen molar-refractivity contribution in [3.8, 4) is 0 Å². The molecule has 0 unspecified atom stereocenters. The van der Waals surface area contributed by atoms with E-state index in [0.717, 1.165) is 0 Å². The lowest BCUT2D eigenvalue weighted by Gasteiger charge is -2.11. The molecule has 1 fully saturated rings. The zero-order valence-electron chi connectivity index (χ0n) is 8.62. The summed E-state index contributed by atoms with van der Waals surface area (Å²) in [4.78, 5) is 22.8. The van der Waals surface area contributed by atoms with Crippen molar-refractivity contribution in [3.05, 3.63) is 34.4 Å². The number of rotatable bonds is 2. The molecule has 2 rings (SSSR count). The second-order valence-electron chi connectivity index (χ2n) is 3.58. The van der Waals surface area contributed by atoms with Crippen molar-refractivity contribution in [3.63, 3.8) is 0 Å². The Morgan fingerprint density at radius 2 is 2.06 bits per heavy atom. The van der Waals surface area contributed by atoms with Crippen LogP contribution in [0.15, 0.2) is 24.3 Å². The van der Waals surface area contributed by atoms with Crippen LogP contribution in [0.1, 0.15) is 6.92 Å². The van der Waals surface area contributed by atoms with Crippen LogP contribution in [0.3, 0.4) is 0 Å². The Morgan fingerprint density at radius 1 is 1.44 bits per heavy atom. The van der Waals surface area contributed by atoms with Gasteiger partial charge in [0.1, 0.15) is 6.10 Å². The van der Waals surface area contributed by atoms with Gasteiger partial charge in [0.15, 0.2) is 0 Å². The number of carbonyl (C=O) groups excluding carboxylic acids is 1. The van der Waals surface area contributed by atoms with Gasteiger partial charge in [0.25, 0.3) is 5.69 Å². The molecule has 0 bridgehead atoms. The maximum absolute atomic E-state index is 11.4. The fourth-order valence-electron chi connectivity index (χ4n) is 1.57. The maximum atomic E-state index is 11.4. The summed E-state index contributed by atoms with van der Waals surface area (Å²) in [6, 6.07) is 5.81. The van der Waals surface area contributed by atoms with Crippen LogP contribution in [0.4, 0.5) is 16.2 Å². The van der Waals surface area contributed by atoms with Crippen molar-refractivity contribution in [2.24, 2.45) is 0 Å². The van der Waals surface area contributed by atoms with Gasteiger partial charge in [-0.25, -0.2) is 4.79 Å². The molecule has 0 spiro atoms. The van der Waals surface area contributed by atoms with Gasteiger partial charge in [0.2, 0.25) is 0 Å². The van der Waals surface area contributed by atoms with Crippen LogP contribution in [0.2, 0.25) is 0 Å². The minimum absolute atomic E-state index is 0.00404. The Kier molecular flexibility index (Phi) is 2.47. The van der Waals surface area contributed by atoms with Crippen LogP contribution >= 0.6 is 0 Å². The van der Waals surface area contributed by atoms with Crippen LogP contribution in [-0.4, -0.2) is 23.7 Å². The SMILES string of the molecule is C[C@@H]1CN(c2ccc([N+](=O)[O-])cc2)C(=O)O1. The largest absolute Gasteiger partial charge is 0.444 e. The van der Waals surface area contributed by atoms with E-state index < -0.39 is 11.0 Å². The molecule has 84 valence electrons. The number of carbonyl (C=O) groups is 1. The lowest BCUT2D eigenvalue weighted by molar-refractivity contribution is -0.384. The molecule has 1 aromatic rings. The highest BCUT2D eigenvalue weighted by atomic mass is 16.6. The highest BCUT2D eigenvalue weighted by Gasteiger charge is 2.29. The van der Waals surface area contributed by atoms with Crippen molar-refractivity contribution in [2.75, 3.05) is 11.4 Å². The number of nitro benzene ring substituents is 1. The molecule has 1 amide bonds. The Morgan fingerprint density at radius 3 is 2.50 bits per heavy atom. The molecule has 1 aliphatic heterocycles. The second-order valence-corrected chi connectivity index (χ2v) is 3.58. The third-order valence-corrected chi connectivity index (χ3v) is 2.33. The van der Waals surface area contributed by atoms with E-state index in [1.54, 1.807) is 6.92 Å². The maximum Gasteiger partial charge on any atom is 0.414 e. The predicted molar refractivity (Wildman–Crippen MR) is 56.4 cm³/mol. The van der Waals surface area contributed by atoms with Gasteiger partial charge in [0, 0.05) is 17.8 Å². The number of anilines is 1. The fraction of sp³-hybridized carbons (Fsp3) is 0.300. The molecule has 6 nitrogen and oxygen atoms in total. The Labute approximate surface area is 91.6 Å². The van der Waals surface area contributed by atoms with E-state index in [1.165, 1.54) is 29.2 Å². The molecular weight excluding hydrogens is 212 g/mol. The third kappa shape index (κ3) is 1.81. The highest BCUT2D eigenvalue weighted by molar-refractivity contribution is 5.89. The number of non-ortho nitro benzene ring substituents is 1. The smallest absolute Gasteiger partial charge is 0.414 e. The molecule has 1 atom stereocenters. The van der Waals surface area contributed by atoms with Crippen LogP contribution < -0.4 is 4.90 Å². The molecule has 1 heterocycles. The first kappa shape index (κ1) is 10.4. The zero-order valence-corrected chi connectivity index (χ0v) is 8.62. The van der Waals surface area contributed by atoms with Crippen LogP contribution in [0, 0.1) is 10.1 Å². The van der Waals surface area contributed by atoms with Gasteiger partial charge in [0.05, 0.1) is 11.5 Å². The summed E-state index contributed by atoms with van der Waals surface area (Å²) in [7, 11) is 0. The molecule has 6 heteroatoms. The summed E-state index contributed by atoms with van der Waals surface area (Å²) < 4.78 is 4.96. The lowest BCUT2D eigenvalue weighted by Crippen LogP contribution is -2.23. The van der Waals surface area contributed by atoms with Gasteiger partial charge in [-0.05, 0) is 19.1 Å². The summed E-state index contributed by atoms with van der Waals surface area (Å²) in [6.45, 7) is 2.26. The van der Waals surface area contributed by atoms with Crippen molar-refractivity contribution in [1.82, 2.24) is 0 Å². The number of amides is 1. The molecule has 1 aromatic carbocycles. The van der Waals surface area contributed by atoms with E-state index in [0.29, 0.717) is 12.2 Å². The van der Waals surface area contributed by atoms with E-state index >= 15 is 0 Å². The average Bonchev–Trinajstić information content (AvgIpc) is 2.58. The van der Waals surface area contributed by atoms with Crippen LogP contribution in [0.5, 0.6) is 0 Å². The minimum atomic E-state index is -0.477. The summed E-state index contributed by atoms with van der Waals surface area (Å²) in [5.41, 5.74) is 0.615. The minimum Gasteiger partial charge on any atom is -0.444 e. The standard InChI is InChI=1S/C10H10N2O4/c1-7-6-11(10(13)16-7)8-2-4-9(5-3-8)12(14)15/h2-5,7H,6H2,1H3/t7-/m1/s1. The number of hydrogen-bond donors (Lipinski definition) is 0. The Balaban J connectivity index is 2.22. The number of benzene rings is 1. The average molecular weight is 222 g/mol. The van der Waals surface area contributed by atoms with Gasteiger partial charge in [-0.3, -0.25) is 15.0 Å². The predicted octanol–water partition coefficient (Wildman–Crippen LogP) is 1.94. The summed E-state index contributed by atoms with van der Waals surface area (Å²) in [5.74, 6) is 0. The summed E-state index contributed by atoms with van der Waals surface area (Å²) in [5, 5.41) is 10.5. The van der Waals surface area contributed by atoms with E-state index in [9.17, 15) is 14.9 Å². The van der Waals surface area contributed by atoms with E-state index in [1.807, 2.05) is 0 Å². The topological polar surface area (TPSA) is 72.7 Å². The van der Waals surface area contributed by atoms with Gasteiger partial charge < -0.3 is 4.74 Å². The van der Waals surface area contributed by atoms with E-state index in [2.05, 4.69) is 0 Å². The number of ether oxygens (including phenoxy) is 1. The van der Waals surface area contributed by atoms with Crippen molar-refractivity contribution < 1.29 is 14.5 Å².